The van der Waals surface area contributed by atoms with Crippen LogP contribution in [0.4, 0.5) is 4.39 Å². The van der Waals surface area contributed by atoms with Crippen molar-refractivity contribution in [3.63, 3.8) is 0 Å². The fourth-order valence-electron chi connectivity index (χ4n) is 2.16. The van der Waals surface area contributed by atoms with Crippen molar-refractivity contribution in [3.8, 4) is 0 Å². The molecule has 23 heavy (non-hydrogen) atoms. The highest BCUT2D eigenvalue weighted by Gasteiger charge is 2.16. The van der Waals surface area contributed by atoms with Gasteiger partial charge in [-0.05, 0) is 35.8 Å². The van der Waals surface area contributed by atoms with Gasteiger partial charge in [0.15, 0.2) is 5.82 Å². The third-order valence-corrected chi connectivity index (χ3v) is 3.35. The van der Waals surface area contributed by atoms with Crippen LogP contribution in [0, 0.1) is 5.82 Å². The summed E-state index contributed by atoms with van der Waals surface area (Å²) in [4.78, 5) is 0. The van der Waals surface area contributed by atoms with Crippen LogP contribution in [0.1, 0.15) is 36.7 Å². The fraction of sp³-hybridized carbons (Fsp3) is 0.462. The van der Waals surface area contributed by atoms with Gasteiger partial charge in [-0.1, -0.05) is 18.2 Å². The molecule has 1 atom stereocenters. The van der Waals surface area contributed by atoms with E-state index in [0.717, 1.165) is 0 Å². The molecule has 1 aromatic heterocycles. The number of rotatable bonds is 9. The Morgan fingerprint density at radius 3 is 2.83 bits per heavy atom. The third-order valence-electron chi connectivity index (χ3n) is 3.35. The van der Waals surface area contributed by atoms with Crippen LogP contribution in [0.5, 0.6) is 0 Å². The molecule has 1 unspecified atom stereocenters. The van der Waals surface area contributed by atoms with Crippen LogP contribution in [0.15, 0.2) is 24.3 Å². The van der Waals surface area contributed by atoms with Gasteiger partial charge in [-0.25, -0.2) is 9.07 Å². The van der Waals surface area contributed by atoms with E-state index >= 15 is 0 Å². The predicted molar refractivity (Wildman–Crippen MR) is 80.2 cm³/mol. The molecule has 0 amide bonds. The van der Waals surface area contributed by atoms with Crippen LogP contribution in [0.2, 0.25) is 0 Å². The molecule has 4 N–H and O–H groups in total. The normalized spacial score (nSPS) is 12.3. The van der Waals surface area contributed by atoms with E-state index in [1.54, 1.807) is 18.2 Å². The summed E-state index contributed by atoms with van der Waals surface area (Å²) in [6.07, 6.45) is 1.93. The van der Waals surface area contributed by atoms with Gasteiger partial charge in [-0.15, -0.1) is 5.10 Å². The molecule has 8 nitrogen and oxygen atoms in total. The van der Waals surface area contributed by atoms with Crippen molar-refractivity contribution in [3.05, 3.63) is 41.5 Å². The zero-order chi connectivity index (χ0) is 16.7. The van der Waals surface area contributed by atoms with Crippen LogP contribution in [0.3, 0.4) is 0 Å². The average molecular weight is 323 g/mol. The van der Waals surface area contributed by atoms with Crippen LogP contribution in [0.25, 0.3) is 0 Å². The highest BCUT2D eigenvalue weighted by Crippen LogP contribution is 2.16. The first-order valence-electron chi connectivity index (χ1n) is 7.30. The van der Waals surface area contributed by atoms with E-state index in [4.69, 9.17) is 15.8 Å². The van der Waals surface area contributed by atoms with Gasteiger partial charge in [0, 0.05) is 12.2 Å². The number of benzene rings is 1. The Morgan fingerprint density at radius 1 is 1.30 bits per heavy atom. The lowest BCUT2D eigenvalue weighted by atomic mass is 10.1. The minimum Gasteiger partial charge on any atom is -0.402 e. The summed E-state index contributed by atoms with van der Waals surface area (Å²) in [7, 11) is -1.75. The molecule has 0 bridgehead atoms. The molecule has 0 aliphatic carbocycles. The second-order valence-electron chi connectivity index (χ2n) is 5.09. The number of unbranched alkanes of at least 4 members (excludes halogenated alkanes) is 1. The molecule has 0 spiro atoms. The molecule has 0 fully saturated rings. The van der Waals surface area contributed by atoms with E-state index in [0.29, 0.717) is 30.7 Å². The number of hydrogen-bond donors (Lipinski definition) is 3. The molecule has 0 saturated carbocycles. The zero-order valence-electron chi connectivity index (χ0n) is 12.5. The Bertz CT molecular complexity index is 613. The van der Waals surface area contributed by atoms with Crippen molar-refractivity contribution in [2.75, 3.05) is 6.61 Å². The molecule has 1 aromatic carbocycles. The molecule has 10 heteroatoms. The van der Waals surface area contributed by atoms with Gasteiger partial charge in [-0.2, -0.15) is 0 Å². The summed E-state index contributed by atoms with van der Waals surface area (Å²) in [5.41, 5.74) is 6.56. The Balaban J connectivity index is 1.88. The second kappa shape index (κ2) is 8.68. The second-order valence-corrected chi connectivity index (χ2v) is 5.09. The van der Waals surface area contributed by atoms with Gasteiger partial charge in [0.2, 0.25) is 0 Å². The molecule has 2 rings (SSSR count). The summed E-state index contributed by atoms with van der Waals surface area (Å²) >= 11 is 0. The molecule has 124 valence electrons. The van der Waals surface area contributed by atoms with E-state index in [1.165, 1.54) is 10.7 Å². The largest absolute Gasteiger partial charge is 0.633 e. The first kappa shape index (κ1) is 17.5. The SMILES string of the molecule is NC(CCCCOB(O)O)c1nnnn1Cc1ccccc1F. The van der Waals surface area contributed by atoms with Gasteiger partial charge in [-0.3, -0.25) is 0 Å². The Labute approximate surface area is 133 Å². The first-order valence-corrected chi connectivity index (χ1v) is 7.30. The van der Waals surface area contributed by atoms with Gasteiger partial charge in [0.1, 0.15) is 5.82 Å². The van der Waals surface area contributed by atoms with Crippen molar-refractivity contribution in [2.24, 2.45) is 5.73 Å². The number of nitrogens with zero attached hydrogens (tertiary/aromatic N) is 4. The van der Waals surface area contributed by atoms with Crippen molar-refractivity contribution in [2.45, 2.75) is 31.8 Å². The number of tetrazole rings is 1. The van der Waals surface area contributed by atoms with Crippen LogP contribution < -0.4 is 5.73 Å². The summed E-state index contributed by atoms with van der Waals surface area (Å²) in [6, 6.07) is 6.03. The van der Waals surface area contributed by atoms with Gasteiger partial charge in [0.25, 0.3) is 0 Å². The maximum absolute atomic E-state index is 13.7. The van der Waals surface area contributed by atoms with Crippen LogP contribution in [-0.4, -0.2) is 44.2 Å². The summed E-state index contributed by atoms with van der Waals surface area (Å²) in [6.45, 7) is 0.438. The average Bonchev–Trinajstić information content (AvgIpc) is 2.97. The quantitative estimate of drug-likeness (QED) is 0.439. The maximum Gasteiger partial charge on any atom is 0.633 e. The monoisotopic (exact) mass is 323 g/mol. The molecule has 0 saturated heterocycles. The van der Waals surface area contributed by atoms with Gasteiger partial charge in [0.05, 0.1) is 12.6 Å². The Kier molecular flexibility index (Phi) is 6.59. The fourth-order valence-corrected chi connectivity index (χ4v) is 2.16. The van der Waals surface area contributed by atoms with Crippen molar-refractivity contribution in [1.82, 2.24) is 20.2 Å². The minimum atomic E-state index is -1.75. The molecule has 2 aromatic rings. The summed E-state index contributed by atoms with van der Waals surface area (Å²) in [5, 5.41) is 28.5. The number of halogens is 1. The number of hydrogen-bond acceptors (Lipinski definition) is 7. The smallest absolute Gasteiger partial charge is 0.402 e. The van der Waals surface area contributed by atoms with Crippen molar-refractivity contribution < 1.29 is 19.1 Å². The van der Waals surface area contributed by atoms with E-state index in [2.05, 4.69) is 20.2 Å². The molecule has 0 radical (unpaired) electrons. The van der Waals surface area contributed by atoms with Crippen molar-refractivity contribution >= 4 is 7.32 Å². The van der Waals surface area contributed by atoms with E-state index in [1.807, 2.05) is 0 Å². The Hall–Kier alpha value is -1.88. The highest BCUT2D eigenvalue weighted by atomic mass is 19.1. The maximum atomic E-state index is 13.7. The molecular weight excluding hydrogens is 304 g/mol. The van der Waals surface area contributed by atoms with E-state index < -0.39 is 13.4 Å². The first-order chi connectivity index (χ1) is 11.1. The summed E-state index contributed by atoms with van der Waals surface area (Å²) in [5.74, 6) is 0.165. The van der Waals surface area contributed by atoms with Crippen LogP contribution in [-0.2, 0) is 11.2 Å². The van der Waals surface area contributed by atoms with Crippen LogP contribution >= 0.6 is 0 Å². The lowest BCUT2D eigenvalue weighted by Crippen LogP contribution is -2.19. The standard InChI is InChI=1S/C13H19BFN5O3/c15-11-6-2-1-5-10(11)9-20-13(17-18-19-20)12(16)7-3-4-8-23-14(21)22/h1-2,5-6,12,21-22H,3-4,7-9,16H2. The van der Waals surface area contributed by atoms with E-state index in [9.17, 15) is 4.39 Å². The highest BCUT2D eigenvalue weighted by molar-refractivity contribution is 6.32. The summed E-state index contributed by atoms with van der Waals surface area (Å²) < 4.78 is 19.8. The number of nitrogens with two attached hydrogens (primary N) is 1. The molecular formula is C13H19BFN5O3. The van der Waals surface area contributed by atoms with E-state index in [-0.39, 0.29) is 19.0 Å². The lowest BCUT2D eigenvalue weighted by molar-refractivity contribution is 0.181. The third kappa shape index (κ3) is 5.36. The van der Waals surface area contributed by atoms with Crippen molar-refractivity contribution in [1.29, 1.82) is 0 Å². The minimum absolute atomic E-state index is 0.211. The molecule has 0 aliphatic heterocycles. The lowest BCUT2D eigenvalue weighted by Gasteiger charge is -2.12. The molecule has 1 heterocycles. The molecule has 0 aliphatic rings. The predicted octanol–water partition coefficient (Wildman–Crippen LogP) is 0.0167. The Morgan fingerprint density at radius 2 is 2.09 bits per heavy atom. The number of aromatic nitrogens is 4. The zero-order valence-corrected chi connectivity index (χ0v) is 12.5. The van der Waals surface area contributed by atoms with Gasteiger partial charge < -0.3 is 20.4 Å². The topological polar surface area (TPSA) is 119 Å². The van der Waals surface area contributed by atoms with Gasteiger partial charge >= 0.3 is 7.32 Å².